The molecule has 0 bridgehead atoms. The lowest BCUT2D eigenvalue weighted by Crippen LogP contribution is -2.44. The number of ether oxygens (including phenoxy) is 1. The first-order chi connectivity index (χ1) is 19.1. The maximum atomic E-state index is 13.5. The van der Waals surface area contributed by atoms with Gasteiger partial charge in [-0.25, -0.2) is 14.4 Å². The molecule has 7 nitrogen and oxygen atoms in total. The van der Waals surface area contributed by atoms with Crippen LogP contribution in [0, 0.1) is 5.82 Å². The van der Waals surface area contributed by atoms with Crippen LogP contribution in [0.2, 0.25) is 0 Å². The number of fused-ring (bicyclic) bond motifs is 1. The number of aromatic nitrogens is 4. The number of imidazole rings is 1. The van der Waals surface area contributed by atoms with Crippen LogP contribution >= 0.6 is 0 Å². The molecule has 0 N–H and O–H groups in total. The molecule has 0 saturated carbocycles. The van der Waals surface area contributed by atoms with Crippen LogP contribution in [0.3, 0.4) is 0 Å². The van der Waals surface area contributed by atoms with E-state index in [0.717, 1.165) is 54.0 Å². The smallest absolute Gasteiger partial charge is 0.228 e. The average Bonchev–Trinajstić information content (AvgIpc) is 3.36. The monoisotopic (exact) mass is 522 g/mol. The molecule has 39 heavy (non-hydrogen) atoms. The fraction of sp³-hybridized carbons (Fsp3) is 0.258. The Labute approximate surface area is 227 Å². The van der Waals surface area contributed by atoms with Gasteiger partial charge in [0, 0.05) is 38.4 Å². The summed E-state index contributed by atoms with van der Waals surface area (Å²) in [6.07, 6.45) is 3.66. The third-order valence-corrected chi connectivity index (χ3v) is 7.35. The molecule has 0 amide bonds. The van der Waals surface area contributed by atoms with Gasteiger partial charge in [-0.15, -0.1) is 0 Å². The molecular formula is C31H31FN6O. The van der Waals surface area contributed by atoms with E-state index < -0.39 is 0 Å². The van der Waals surface area contributed by atoms with E-state index >= 15 is 0 Å². The molecule has 0 unspecified atom stereocenters. The van der Waals surface area contributed by atoms with E-state index in [1.807, 2.05) is 60.7 Å². The fourth-order valence-corrected chi connectivity index (χ4v) is 5.16. The van der Waals surface area contributed by atoms with Crippen molar-refractivity contribution in [2.45, 2.75) is 32.0 Å². The molecule has 0 aliphatic carbocycles. The lowest BCUT2D eigenvalue weighted by atomic mass is 10.0. The van der Waals surface area contributed by atoms with Gasteiger partial charge in [0.05, 0.1) is 17.6 Å². The Morgan fingerprint density at radius 1 is 0.872 bits per heavy atom. The SMILES string of the molecule is CN(c1nccc(OCc2ccccc2)n1)C1CCN(c2nc3ccccc3n2Cc2ccc(F)cc2)CC1. The van der Waals surface area contributed by atoms with Gasteiger partial charge in [-0.05, 0) is 48.2 Å². The molecular weight excluding hydrogens is 491 g/mol. The second-order valence-corrected chi connectivity index (χ2v) is 9.91. The molecule has 1 aliphatic heterocycles. The van der Waals surface area contributed by atoms with Crippen molar-refractivity contribution in [1.29, 1.82) is 0 Å². The van der Waals surface area contributed by atoms with Gasteiger partial charge in [0.1, 0.15) is 12.4 Å². The molecule has 8 heteroatoms. The molecule has 0 spiro atoms. The van der Waals surface area contributed by atoms with Gasteiger partial charge in [0.15, 0.2) is 0 Å². The molecule has 3 heterocycles. The fourth-order valence-electron chi connectivity index (χ4n) is 5.16. The second kappa shape index (κ2) is 11.1. The minimum absolute atomic E-state index is 0.224. The number of anilines is 2. The minimum Gasteiger partial charge on any atom is -0.473 e. The van der Waals surface area contributed by atoms with E-state index in [2.05, 4.69) is 37.4 Å². The Hall–Kier alpha value is -4.46. The van der Waals surface area contributed by atoms with Gasteiger partial charge in [-0.1, -0.05) is 54.6 Å². The van der Waals surface area contributed by atoms with Crippen LogP contribution in [-0.4, -0.2) is 45.7 Å². The molecule has 1 fully saturated rings. The highest BCUT2D eigenvalue weighted by Crippen LogP contribution is 2.28. The van der Waals surface area contributed by atoms with Gasteiger partial charge < -0.3 is 19.1 Å². The number of rotatable bonds is 8. The lowest BCUT2D eigenvalue weighted by Gasteiger charge is -2.37. The normalized spacial score (nSPS) is 14.1. The number of para-hydroxylation sites is 2. The number of nitrogens with zero attached hydrogens (tertiary/aromatic N) is 6. The number of halogens is 1. The molecule has 2 aromatic heterocycles. The van der Waals surface area contributed by atoms with Gasteiger partial charge in [0.25, 0.3) is 0 Å². The standard InChI is InChI=1S/C31H31FN6O/c1-36(30-33-18-15-29(35-30)39-22-24-7-3-2-4-8-24)26-16-19-37(20-17-26)31-34-27-9-5-6-10-28(27)38(31)21-23-11-13-25(32)14-12-23/h2-15,18,26H,16-17,19-22H2,1H3. The van der Waals surface area contributed by atoms with Crippen LogP contribution in [0.15, 0.2) is 91.1 Å². The van der Waals surface area contributed by atoms with E-state index in [0.29, 0.717) is 31.0 Å². The second-order valence-electron chi connectivity index (χ2n) is 9.91. The predicted molar refractivity (Wildman–Crippen MR) is 152 cm³/mol. The largest absolute Gasteiger partial charge is 0.473 e. The number of hydrogen-bond acceptors (Lipinski definition) is 6. The van der Waals surface area contributed by atoms with Gasteiger partial charge in [-0.3, -0.25) is 0 Å². The highest BCUT2D eigenvalue weighted by molar-refractivity contribution is 5.79. The predicted octanol–water partition coefficient (Wildman–Crippen LogP) is 5.70. The first kappa shape index (κ1) is 24.9. The maximum Gasteiger partial charge on any atom is 0.228 e. The van der Waals surface area contributed by atoms with Crippen LogP contribution in [0.4, 0.5) is 16.3 Å². The molecule has 0 radical (unpaired) electrons. The first-order valence-electron chi connectivity index (χ1n) is 13.3. The Balaban J connectivity index is 1.14. The molecule has 1 saturated heterocycles. The summed E-state index contributed by atoms with van der Waals surface area (Å²) in [6.45, 7) is 2.84. The number of hydrogen-bond donors (Lipinski definition) is 0. The molecule has 6 rings (SSSR count). The van der Waals surface area contributed by atoms with Crippen molar-refractivity contribution in [1.82, 2.24) is 19.5 Å². The third-order valence-electron chi connectivity index (χ3n) is 7.35. The number of piperidine rings is 1. The zero-order valence-electron chi connectivity index (χ0n) is 21.9. The lowest BCUT2D eigenvalue weighted by molar-refractivity contribution is 0.293. The Kier molecular flexibility index (Phi) is 7.08. The highest BCUT2D eigenvalue weighted by atomic mass is 19.1. The van der Waals surface area contributed by atoms with E-state index in [4.69, 9.17) is 9.72 Å². The van der Waals surface area contributed by atoms with Crippen LogP contribution in [0.5, 0.6) is 5.88 Å². The zero-order chi connectivity index (χ0) is 26.6. The summed E-state index contributed by atoms with van der Waals surface area (Å²) in [6, 6.07) is 27.1. The van der Waals surface area contributed by atoms with Gasteiger partial charge >= 0.3 is 0 Å². The van der Waals surface area contributed by atoms with Crippen LogP contribution < -0.4 is 14.5 Å². The van der Waals surface area contributed by atoms with Crippen LogP contribution in [0.25, 0.3) is 11.0 Å². The Morgan fingerprint density at radius 2 is 1.62 bits per heavy atom. The summed E-state index contributed by atoms with van der Waals surface area (Å²) < 4.78 is 21.7. The average molecular weight is 523 g/mol. The third kappa shape index (κ3) is 5.55. The van der Waals surface area contributed by atoms with Crippen molar-refractivity contribution in [3.8, 4) is 5.88 Å². The van der Waals surface area contributed by atoms with Crippen molar-refractivity contribution in [2.24, 2.45) is 0 Å². The molecule has 5 aromatic rings. The quantitative estimate of drug-likeness (QED) is 0.261. The summed E-state index contributed by atoms with van der Waals surface area (Å²) in [7, 11) is 2.06. The summed E-state index contributed by atoms with van der Waals surface area (Å²) in [5, 5.41) is 0. The summed E-state index contributed by atoms with van der Waals surface area (Å²) in [4.78, 5) is 18.7. The topological polar surface area (TPSA) is 59.3 Å². The van der Waals surface area contributed by atoms with Crippen LogP contribution in [0.1, 0.15) is 24.0 Å². The van der Waals surface area contributed by atoms with Crippen molar-refractivity contribution in [3.05, 3.63) is 108 Å². The van der Waals surface area contributed by atoms with E-state index in [1.165, 1.54) is 12.1 Å². The Morgan fingerprint density at radius 3 is 2.41 bits per heavy atom. The van der Waals surface area contributed by atoms with Gasteiger partial charge in [-0.2, -0.15) is 4.98 Å². The molecule has 3 aromatic carbocycles. The van der Waals surface area contributed by atoms with Crippen molar-refractivity contribution in [2.75, 3.05) is 29.9 Å². The van der Waals surface area contributed by atoms with Crippen molar-refractivity contribution < 1.29 is 9.13 Å². The van der Waals surface area contributed by atoms with E-state index in [-0.39, 0.29) is 5.82 Å². The van der Waals surface area contributed by atoms with Gasteiger partial charge in [0.2, 0.25) is 17.8 Å². The highest BCUT2D eigenvalue weighted by Gasteiger charge is 2.27. The summed E-state index contributed by atoms with van der Waals surface area (Å²) in [5.74, 6) is 1.97. The maximum absolute atomic E-state index is 13.5. The van der Waals surface area contributed by atoms with E-state index in [1.54, 1.807) is 12.3 Å². The zero-order valence-corrected chi connectivity index (χ0v) is 21.9. The molecule has 198 valence electrons. The minimum atomic E-state index is -0.224. The molecule has 1 aliphatic rings. The summed E-state index contributed by atoms with van der Waals surface area (Å²) >= 11 is 0. The molecule has 0 atom stereocenters. The first-order valence-corrected chi connectivity index (χ1v) is 13.3. The van der Waals surface area contributed by atoms with E-state index in [9.17, 15) is 4.39 Å². The summed E-state index contributed by atoms with van der Waals surface area (Å²) in [5.41, 5.74) is 4.19. The van der Waals surface area contributed by atoms with Crippen molar-refractivity contribution in [3.63, 3.8) is 0 Å². The van der Waals surface area contributed by atoms with Crippen LogP contribution in [-0.2, 0) is 13.2 Å². The Bertz CT molecular complexity index is 1530. The van der Waals surface area contributed by atoms with Crippen molar-refractivity contribution >= 4 is 22.9 Å². The number of benzene rings is 3.